The Morgan fingerprint density at radius 2 is 1.95 bits per heavy atom. The molecule has 3 atom stereocenters. The highest BCUT2D eigenvalue weighted by molar-refractivity contribution is 6.30. The topological polar surface area (TPSA) is 41.5 Å². The Hall–Kier alpha value is -0.610. The van der Waals surface area contributed by atoms with E-state index in [0.717, 1.165) is 17.0 Å². The van der Waals surface area contributed by atoms with E-state index < -0.39 is 6.10 Å². The molecule has 1 aromatic rings. The molecule has 120 valence electrons. The van der Waals surface area contributed by atoms with Gasteiger partial charge in [-0.25, -0.2) is 0 Å². The van der Waals surface area contributed by atoms with Crippen LogP contribution in [0.2, 0.25) is 5.02 Å². The highest BCUT2D eigenvalue weighted by atomic mass is 35.5. The lowest BCUT2D eigenvalue weighted by atomic mass is 10.1. The molecule has 3 unspecified atom stereocenters. The van der Waals surface area contributed by atoms with Crippen LogP contribution in [0, 0.1) is 5.92 Å². The number of rotatable bonds is 9. The highest BCUT2D eigenvalue weighted by Gasteiger charge is 2.12. The quantitative estimate of drug-likeness (QED) is 0.728. The van der Waals surface area contributed by atoms with Gasteiger partial charge in [0.2, 0.25) is 0 Å². The third-order valence-corrected chi connectivity index (χ3v) is 3.62. The van der Waals surface area contributed by atoms with Crippen LogP contribution < -0.4 is 5.32 Å². The van der Waals surface area contributed by atoms with Gasteiger partial charge in [0, 0.05) is 17.6 Å². The average Bonchev–Trinajstić information content (AvgIpc) is 2.41. The summed E-state index contributed by atoms with van der Waals surface area (Å²) in [6.07, 6.45) is 0.699. The van der Waals surface area contributed by atoms with Crippen LogP contribution in [0.5, 0.6) is 0 Å². The summed E-state index contributed by atoms with van der Waals surface area (Å²) in [7, 11) is 0. The maximum Gasteiger partial charge on any atom is 0.0898 e. The van der Waals surface area contributed by atoms with E-state index in [9.17, 15) is 5.11 Å². The zero-order valence-electron chi connectivity index (χ0n) is 13.5. The van der Waals surface area contributed by atoms with E-state index in [-0.39, 0.29) is 12.1 Å². The fourth-order valence-corrected chi connectivity index (χ4v) is 2.47. The van der Waals surface area contributed by atoms with Crippen LogP contribution in [0.25, 0.3) is 0 Å². The summed E-state index contributed by atoms with van der Waals surface area (Å²) in [5.41, 5.74) is 1.11. The van der Waals surface area contributed by atoms with Crippen LogP contribution in [0.1, 0.15) is 45.7 Å². The normalized spacial score (nSPS) is 16.0. The largest absolute Gasteiger partial charge is 0.389 e. The second kappa shape index (κ2) is 9.42. The Morgan fingerprint density at radius 3 is 2.57 bits per heavy atom. The number of benzene rings is 1. The van der Waals surface area contributed by atoms with Gasteiger partial charge in [-0.2, -0.15) is 0 Å². The van der Waals surface area contributed by atoms with Crippen LogP contribution in [0.4, 0.5) is 0 Å². The van der Waals surface area contributed by atoms with E-state index >= 15 is 0 Å². The maximum absolute atomic E-state index is 9.97. The molecule has 0 aliphatic carbocycles. The minimum atomic E-state index is -0.499. The molecular formula is C17H28ClNO2. The summed E-state index contributed by atoms with van der Waals surface area (Å²) in [6.45, 7) is 9.32. The van der Waals surface area contributed by atoms with Crippen molar-refractivity contribution in [1.82, 2.24) is 5.32 Å². The maximum atomic E-state index is 9.97. The molecule has 0 aliphatic heterocycles. The lowest BCUT2D eigenvalue weighted by Crippen LogP contribution is -2.33. The van der Waals surface area contributed by atoms with Gasteiger partial charge in [-0.3, -0.25) is 0 Å². The van der Waals surface area contributed by atoms with Crippen molar-refractivity contribution in [3.63, 3.8) is 0 Å². The molecule has 0 aromatic heterocycles. The van der Waals surface area contributed by atoms with Gasteiger partial charge in [-0.05, 0) is 43.9 Å². The third kappa shape index (κ3) is 7.82. The van der Waals surface area contributed by atoms with Crippen molar-refractivity contribution in [2.75, 3.05) is 13.2 Å². The van der Waals surface area contributed by atoms with Crippen molar-refractivity contribution in [2.45, 2.75) is 52.4 Å². The second-order valence-electron chi connectivity index (χ2n) is 6.11. The molecule has 1 rings (SSSR count). The van der Waals surface area contributed by atoms with Crippen molar-refractivity contribution in [3.8, 4) is 0 Å². The fourth-order valence-electron chi connectivity index (χ4n) is 2.27. The number of hydrogen-bond donors (Lipinski definition) is 2. The first-order valence-electron chi connectivity index (χ1n) is 7.67. The molecule has 3 nitrogen and oxygen atoms in total. The Morgan fingerprint density at radius 1 is 1.24 bits per heavy atom. The van der Waals surface area contributed by atoms with E-state index in [1.165, 1.54) is 0 Å². The SMILES string of the molecule is CC(C)CC(C)OCC(O)CNC(C)c1cccc(Cl)c1. The van der Waals surface area contributed by atoms with E-state index in [4.69, 9.17) is 16.3 Å². The zero-order chi connectivity index (χ0) is 15.8. The predicted octanol–water partition coefficient (Wildman–Crippen LogP) is 3.80. The van der Waals surface area contributed by atoms with Gasteiger partial charge < -0.3 is 15.2 Å². The summed E-state index contributed by atoms with van der Waals surface area (Å²) >= 11 is 5.98. The van der Waals surface area contributed by atoms with Crippen molar-refractivity contribution < 1.29 is 9.84 Å². The Kier molecular flexibility index (Phi) is 8.27. The van der Waals surface area contributed by atoms with Crippen molar-refractivity contribution in [1.29, 1.82) is 0 Å². The molecule has 2 N–H and O–H groups in total. The van der Waals surface area contributed by atoms with Gasteiger partial charge in [0.1, 0.15) is 0 Å². The lowest BCUT2D eigenvalue weighted by Gasteiger charge is -2.20. The molecule has 0 amide bonds. The van der Waals surface area contributed by atoms with Gasteiger partial charge >= 0.3 is 0 Å². The summed E-state index contributed by atoms with van der Waals surface area (Å²) < 4.78 is 5.66. The monoisotopic (exact) mass is 313 g/mol. The Balaban J connectivity index is 2.27. The van der Waals surface area contributed by atoms with Crippen LogP contribution in [-0.4, -0.2) is 30.5 Å². The molecule has 0 saturated heterocycles. The second-order valence-corrected chi connectivity index (χ2v) is 6.55. The first-order chi connectivity index (χ1) is 9.88. The van der Waals surface area contributed by atoms with Gasteiger partial charge in [0.15, 0.2) is 0 Å². The number of halogens is 1. The van der Waals surface area contributed by atoms with Crippen molar-refractivity contribution in [2.24, 2.45) is 5.92 Å². The molecule has 4 heteroatoms. The van der Waals surface area contributed by atoms with E-state index in [1.807, 2.05) is 24.3 Å². The minimum Gasteiger partial charge on any atom is -0.389 e. The predicted molar refractivity (Wildman–Crippen MR) is 88.7 cm³/mol. The molecule has 0 spiro atoms. The van der Waals surface area contributed by atoms with Gasteiger partial charge in [0.25, 0.3) is 0 Å². The summed E-state index contributed by atoms with van der Waals surface area (Å²) in [5, 5.41) is 14.0. The minimum absolute atomic E-state index is 0.145. The van der Waals surface area contributed by atoms with Crippen LogP contribution >= 0.6 is 11.6 Å². The number of nitrogens with one attached hydrogen (secondary N) is 1. The molecule has 0 aliphatic rings. The highest BCUT2D eigenvalue weighted by Crippen LogP contribution is 2.17. The smallest absolute Gasteiger partial charge is 0.0898 e. The van der Waals surface area contributed by atoms with Gasteiger partial charge in [0.05, 0.1) is 18.8 Å². The molecule has 21 heavy (non-hydrogen) atoms. The van der Waals surface area contributed by atoms with Crippen molar-refractivity contribution >= 4 is 11.6 Å². The van der Waals surface area contributed by atoms with Gasteiger partial charge in [-0.15, -0.1) is 0 Å². The zero-order valence-corrected chi connectivity index (χ0v) is 14.2. The van der Waals surface area contributed by atoms with Crippen LogP contribution in [0.3, 0.4) is 0 Å². The number of ether oxygens (including phenoxy) is 1. The van der Waals surface area contributed by atoms with Crippen molar-refractivity contribution in [3.05, 3.63) is 34.9 Å². The molecule has 0 radical (unpaired) electrons. The van der Waals surface area contributed by atoms with E-state index in [1.54, 1.807) is 0 Å². The third-order valence-electron chi connectivity index (χ3n) is 3.38. The molecule has 0 saturated carbocycles. The summed E-state index contributed by atoms with van der Waals surface area (Å²) in [4.78, 5) is 0. The van der Waals surface area contributed by atoms with E-state index in [2.05, 4.69) is 33.0 Å². The molecule has 0 fully saturated rings. The number of aliphatic hydroxyl groups excluding tert-OH is 1. The Bertz CT molecular complexity index is 412. The molecule has 0 bridgehead atoms. The lowest BCUT2D eigenvalue weighted by molar-refractivity contribution is -0.00914. The van der Waals surface area contributed by atoms with Crippen LogP contribution in [0.15, 0.2) is 24.3 Å². The first-order valence-corrected chi connectivity index (χ1v) is 8.04. The van der Waals surface area contributed by atoms with Crippen LogP contribution in [-0.2, 0) is 4.74 Å². The van der Waals surface area contributed by atoms with Gasteiger partial charge in [-0.1, -0.05) is 37.6 Å². The summed E-state index contributed by atoms with van der Waals surface area (Å²) in [5.74, 6) is 0.609. The fraction of sp³-hybridized carbons (Fsp3) is 0.647. The average molecular weight is 314 g/mol. The molecular weight excluding hydrogens is 286 g/mol. The first kappa shape index (κ1) is 18.4. The number of hydrogen-bond acceptors (Lipinski definition) is 3. The standard InChI is InChI=1S/C17H28ClNO2/c1-12(2)8-13(3)21-11-17(20)10-19-14(4)15-6-5-7-16(18)9-15/h5-7,9,12-14,17,19-20H,8,10-11H2,1-4H3. The number of aliphatic hydroxyl groups is 1. The molecule has 1 aromatic carbocycles. The molecule has 0 heterocycles. The van der Waals surface area contributed by atoms with E-state index in [0.29, 0.717) is 19.1 Å². The Labute approximate surface area is 133 Å². The summed E-state index contributed by atoms with van der Waals surface area (Å²) in [6, 6.07) is 7.90.